The fraction of sp³-hybridized carbons (Fsp3) is 0.333. The van der Waals surface area contributed by atoms with E-state index in [0.717, 1.165) is 17.3 Å². The van der Waals surface area contributed by atoms with Crippen LogP contribution in [0.3, 0.4) is 0 Å². The average molecular weight is 276 g/mol. The van der Waals surface area contributed by atoms with E-state index < -0.39 is 5.97 Å². The highest BCUT2D eigenvalue weighted by atomic mass is 16.4. The molecule has 0 unspecified atom stereocenters. The third-order valence-electron chi connectivity index (χ3n) is 2.58. The van der Waals surface area contributed by atoms with Crippen molar-refractivity contribution in [2.24, 2.45) is 0 Å². The predicted molar refractivity (Wildman–Crippen MR) is 79.7 cm³/mol. The second kappa shape index (κ2) is 7.33. The van der Waals surface area contributed by atoms with Crippen molar-refractivity contribution in [2.75, 3.05) is 18.5 Å². The van der Waals surface area contributed by atoms with Gasteiger partial charge in [-0.25, -0.2) is 4.79 Å². The Hall–Kier alpha value is -2.30. The lowest BCUT2D eigenvalue weighted by molar-refractivity contribution is -0.131. The molecule has 0 spiro atoms. The quantitative estimate of drug-likeness (QED) is 0.777. The highest BCUT2D eigenvalue weighted by Crippen LogP contribution is 2.20. The van der Waals surface area contributed by atoms with E-state index in [1.165, 1.54) is 6.08 Å². The molecule has 2 N–H and O–H groups in total. The largest absolute Gasteiger partial charge is 0.478 e. The number of aliphatic carboxylic acids is 1. The molecule has 0 radical (unpaired) electrons. The molecule has 0 aliphatic carbocycles. The van der Waals surface area contributed by atoms with Gasteiger partial charge in [0, 0.05) is 24.9 Å². The Morgan fingerprint density at radius 2 is 2.00 bits per heavy atom. The fourth-order valence-electron chi connectivity index (χ4n) is 1.81. The van der Waals surface area contributed by atoms with Crippen LogP contribution in [0.2, 0.25) is 0 Å². The van der Waals surface area contributed by atoms with Crippen molar-refractivity contribution in [3.63, 3.8) is 0 Å². The third-order valence-corrected chi connectivity index (χ3v) is 2.58. The van der Waals surface area contributed by atoms with Gasteiger partial charge in [0.15, 0.2) is 0 Å². The third kappa shape index (κ3) is 5.14. The molecule has 1 aromatic rings. The second-order valence-electron chi connectivity index (χ2n) is 4.81. The number of nitrogens with one attached hydrogen (secondary N) is 1. The lowest BCUT2D eigenvalue weighted by atomic mass is 10.1. The zero-order chi connectivity index (χ0) is 15.1. The van der Waals surface area contributed by atoms with E-state index in [9.17, 15) is 9.59 Å². The smallest absolute Gasteiger partial charge is 0.328 e. The molecule has 20 heavy (non-hydrogen) atoms. The Balaban J connectivity index is 2.84. The number of para-hydroxylation sites is 1. The summed E-state index contributed by atoms with van der Waals surface area (Å²) in [6, 6.07) is 7.44. The molecule has 0 aliphatic rings. The van der Waals surface area contributed by atoms with Gasteiger partial charge in [0.25, 0.3) is 0 Å². The molecule has 0 saturated heterocycles. The molecule has 0 saturated carbocycles. The van der Waals surface area contributed by atoms with Crippen LogP contribution in [0, 0.1) is 0 Å². The van der Waals surface area contributed by atoms with Crippen LogP contribution in [0.4, 0.5) is 5.69 Å². The number of carbonyl (C=O) groups is 2. The summed E-state index contributed by atoms with van der Waals surface area (Å²) in [7, 11) is 1.80. The molecule has 1 amide bonds. The van der Waals surface area contributed by atoms with Gasteiger partial charge in [-0.05, 0) is 31.6 Å². The van der Waals surface area contributed by atoms with Crippen LogP contribution in [-0.2, 0) is 9.59 Å². The lowest BCUT2D eigenvalue weighted by Crippen LogP contribution is -2.38. The number of nitrogens with zero attached hydrogens (tertiary/aromatic N) is 1. The number of rotatable bonds is 6. The first-order chi connectivity index (χ1) is 9.40. The van der Waals surface area contributed by atoms with E-state index in [2.05, 4.69) is 5.32 Å². The maximum atomic E-state index is 11.7. The molecule has 0 aromatic heterocycles. The van der Waals surface area contributed by atoms with E-state index in [1.807, 2.05) is 38.1 Å². The van der Waals surface area contributed by atoms with Crippen LogP contribution in [0.25, 0.3) is 6.08 Å². The Bertz CT molecular complexity index is 510. The van der Waals surface area contributed by atoms with Gasteiger partial charge in [-0.15, -0.1) is 0 Å². The standard InChI is InChI=1S/C15H20N2O3/c1-11(2)16-14(18)10-17(3)13-7-5-4-6-12(13)8-9-15(19)20/h4-9,11H,10H2,1-3H3,(H,16,18)(H,19,20). The summed E-state index contributed by atoms with van der Waals surface area (Å²) in [5.74, 6) is -1.07. The minimum absolute atomic E-state index is 0.0699. The minimum atomic E-state index is -1.000. The first-order valence-electron chi connectivity index (χ1n) is 6.40. The molecule has 0 bridgehead atoms. The normalized spacial score (nSPS) is 10.8. The highest BCUT2D eigenvalue weighted by molar-refractivity contribution is 5.88. The van der Waals surface area contributed by atoms with E-state index in [-0.39, 0.29) is 18.5 Å². The second-order valence-corrected chi connectivity index (χ2v) is 4.81. The monoisotopic (exact) mass is 276 g/mol. The summed E-state index contributed by atoms with van der Waals surface area (Å²) >= 11 is 0. The number of likely N-dealkylation sites (N-methyl/N-ethyl adjacent to an activating group) is 1. The topological polar surface area (TPSA) is 69.6 Å². The molecule has 108 valence electrons. The van der Waals surface area contributed by atoms with Gasteiger partial charge in [0.1, 0.15) is 0 Å². The molecule has 1 rings (SSSR count). The average Bonchev–Trinajstić information content (AvgIpc) is 2.35. The number of carboxylic acid groups (broad SMARTS) is 1. The van der Waals surface area contributed by atoms with Crippen molar-refractivity contribution in [2.45, 2.75) is 19.9 Å². The summed E-state index contributed by atoms with van der Waals surface area (Å²) in [4.78, 5) is 24.1. The van der Waals surface area contributed by atoms with Gasteiger partial charge < -0.3 is 15.3 Å². The molecular weight excluding hydrogens is 256 g/mol. The van der Waals surface area contributed by atoms with E-state index in [1.54, 1.807) is 11.9 Å². The van der Waals surface area contributed by atoms with Crippen LogP contribution in [-0.4, -0.2) is 36.6 Å². The van der Waals surface area contributed by atoms with Crippen molar-refractivity contribution in [1.29, 1.82) is 0 Å². The number of hydrogen-bond donors (Lipinski definition) is 2. The summed E-state index contributed by atoms with van der Waals surface area (Å²) in [6.45, 7) is 4.03. The Morgan fingerprint density at radius 3 is 2.60 bits per heavy atom. The molecule has 5 nitrogen and oxygen atoms in total. The first kappa shape index (κ1) is 15.8. The summed E-state index contributed by atoms with van der Waals surface area (Å²) in [6.07, 6.45) is 2.61. The molecule has 1 aromatic carbocycles. The van der Waals surface area contributed by atoms with Gasteiger partial charge in [-0.2, -0.15) is 0 Å². The minimum Gasteiger partial charge on any atom is -0.478 e. The van der Waals surface area contributed by atoms with Crippen molar-refractivity contribution < 1.29 is 14.7 Å². The SMILES string of the molecule is CC(C)NC(=O)CN(C)c1ccccc1C=CC(=O)O. The molecule has 5 heteroatoms. The Kier molecular flexibility index (Phi) is 5.77. The Morgan fingerprint density at radius 1 is 1.35 bits per heavy atom. The number of hydrogen-bond acceptors (Lipinski definition) is 3. The van der Waals surface area contributed by atoms with Gasteiger partial charge in [-0.3, -0.25) is 4.79 Å². The van der Waals surface area contributed by atoms with Crippen molar-refractivity contribution in [3.8, 4) is 0 Å². The van der Waals surface area contributed by atoms with E-state index in [4.69, 9.17) is 5.11 Å². The predicted octanol–water partition coefficient (Wildman–Crippen LogP) is 1.75. The summed E-state index contributed by atoms with van der Waals surface area (Å²) < 4.78 is 0. The van der Waals surface area contributed by atoms with Crippen molar-refractivity contribution in [1.82, 2.24) is 5.32 Å². The molecule has 0 fully saturated rings. The lowest BCUT2D eigenvalue weighted by Gasteiger charge is -2.21. The van der Waals surface area contributed by atoms with Crippen LogP contribution in [0.5, 0.6) is 0 Å². The van der Waals surface area contributed by atoms with Gasteiger partial charge in [0.2, 0.25) is 5.91 Å². The number of amides is 1. The van der Waals surface area contributed by atoms with E-state index >= 15 is 0 Å². The van der Waals surface area contributed by atoms with Crippen LogP contribution in [0.15, 0.2) is 30.3 Å². The van der Waals surface area contributed by atoms with Gasteiger partial charge in [0.05, 0.1) is 6.54 Å². The van der Waals surface area contributed by atoms with E-state index in [0.29, 0.717) is 0 Å². The zero-order valence-corrected chi connectivity index (χ0v) is 12.0. The molecule has 0 aliphatic heterocycles. The summed E-state index contributed by atoms with van der Waals surface area (Å²) in [5, 5.41) is 11.5. The highest BCUT2D eigenvalue weighted by Gasteiger charge is 2.10. The van der Waals surface area contributed by atoms with Crippen molar-refractivity contribution in [3.05, 3.63) is 35.9 Å². The van der Waals surface area contributed by atoms with Gasteiger partial charge in [-0.1, -0.05) is 18.2 Å². The van der Waals surface area contributed by atoms with Crippen LogP contribution < -0.4 is 10.2 Å². The molecule has 0 heterocycles. The fourth-order valence-corrected chi connectivity index (χ4v) is 1.81. The van der Waals surface area contributed by atoms with Crippen LogP contribution >= 0.6 is 0 Å². The van der Waals surface area contributed by atoms with Gasteiger partial charge >= 0.3 is 5.97 Å². The first-order valence-corrected chi connectivity index (χ1v) is 6.40. The van der Waals surface area contributed by atoms with Crippen LogP contribution in [0.1, 0.15) is 19.4 Å². The maximum absolute atomic E-state index is 11.7. The molecule has 0 atom stereocenters. The zero-order valence-electron chi connectivity index (χ0n) is 12.0. The van der Waals surface area contributed by atoms with Crippen molar-refractivity contribution >= 4 is 23.6 Å². The molecular formula is C15H20N2O3. The Labute approximate surface area is 118 Å². The number of carbonyl (C=O) groups excluding carboxylic acids is 1. The number of benzene rings is 1. The number of carboxylic acids is 1. The maximum Gasteiger partial charge on any atom is 0.328 e. The number of anilines is 1. The summed E-state index contributed by atoms with van der Waals surface area (Å²) in [5.41, 5.74) is 1.57.